The largest absolute Gasteiger partial charge is 0.350 e. The van der Waals surface area contributed by atoms with E-state index in [-0.39, 0.29) is 11.8 Å². The van der Waals surface area contributed by atoms with Crippen LogP contribution in [0.5, 0.6) is 0 Å². The molecule has 6 nitrogen and oxygen atoms in total. The fourth-order valence-corrected chi connectivity index (χ4v) is 3.34. The number of aromatic nitrogens is 1. The third-order valence-electron chi connectivity index (χ3n) is 5.17. The Balaban J connectivity index is 1.50. The van der Waals surface area contributed by atoms with Crippen molar-refractivity contribution in [1.82, 2.24) is 20.1 Å². The van der Waals surface area contributed by atoms with Crippen LogP contribution in [-0.4, -0.2) is 52.8 Å². The number of piperazine rings is 1. The van der Waals surface area contributed by atoms with E-state index >= 15 is 0 Å². The molecule has 2 aromatic rings. The van der Waals surface area contributed by atoms with E-state index in [9.17, 15) is 9.59 Å². The SMILES string of the molecule is CC(C)(C(=O)NCc1ccccn1)C(=O)N1CCN(Cc2ccccc2)CC1. The van der Waals surface area contributed by atoms with Crippen molar-refractivity contribution in [2.24, 2.45) is 5.41 Å². The van der Waals surface area contributed by atoms with Crippen molar-refractivity contribution < 1.29 is 9.59 Å². The molecule has 1 aliphatic rings. The molecule has 1 aromatic carbocycles. The predicted octanol–water partition coefficient (Wildman–Crippen LogP) is 2.07. The van der Waals surface area contributed by atoms with Crippen LogP contribution in [0.2, 0.25) is 0 Å². The number of carbonyl (C=O) groups excluding carboxylic acids is 2. The van der Waals surface area contributed by atoms with E-state index in [0.717, 1.165) is 25.3 Å². The van der Waals surface area contributed by atoms with Crippen molar-refractivity contribution in [2.75, 3.05) is 26.2 Å². The van der Waals surface area contributed by atoms with Crippen molar-refractivity contribution in [1.29, 1.82) is 0 Å². The zero-order valence-electron chi connectivity index (χ0n) is 16.6. The number of nitrogens with one attached hydrogen (secondary N) is 1. The van der Waals surface area contributed by atoms with Gasteiger partial charge in [0.05, 0.1) is 12.2 Å². The fourth-order valence-electron chi connectivity index (χ4n) is 3.34. The second-order valence-corrected chi connectivity index (χ2v) is 7.68. The van der Waals surface area contributed by atoms with Gasteiger partial charge in [0.2, 0.25) is 11.8 Å². The van der Waals surface area contributed by atoms with Gasteiger partial charge >= 0.3 is 0 Å². The van der Waals surface area contributed by atoms with Crippen molar-refractivity contribution in [3.8, 4) is 0 Å². The topological polar surface area (TPSA) is 65.5 Å². The summed E-state index contributed by atoms with van der Waals surface area (Å²) in [5, 5.41) is 2.84. The number of rotatable bonds is 6. The van der Waals surface area contributed by atoms with Gasteiger partial charge in [0.25, 0.3) is 0 Å². The van der Waals surface area contributed by atoms with E-state index in [1.54, 1.807) is 20.0 Å². The van der Waals surface area contributed by atoms with Gasteiger partial charge in [-0.1, -0.05) is 36.4 Å². The van der Waals surface area contributed by atoms with Crippen molar-refractivity contribution >= 4 is 11.8 Å². The Morgan fingerprint density at radius 3 is 2.32 bits per heavy atom. The average Bonchev–Trinajstić information content (AvgIpc) is 2.73. The number of benzene rings is 1. The Hall–Kier alpha value is -2.73. The van der Waals surface area contributed by atoms with E-state index in [1.165, 1.54) is 5.56 Å². The maximum atomic E-state index is 13.0. The lowest BCUT2D eigenvalue weighted by Gasteiger charge is -2.38. The molecular formula is C22H28N4O2. The van der Waals surface area contributed by atoms with Crippen molar-refractivity contribution in [3.63, 3.8) is 0 Å². The van der Waals surface area contributed by atoms with Gasteiger partial charge in [0, 0.05) is 38.9 Å². The second kappa shape index (κ2) is 8.97. The second-order valence-electron chi connectivity index (χ2n) is 7.68. The standard InChI is InChI=1S/C22H28N4O2/c1-22(2,20(27)24-16-19-10-6-7-11-23-19)21(28)26-14-12-25(13-15-26)17-18-8-4-3-5-9-18/h3-11H,12-17H2,1-2H3,(H,24,27). The molecule has 1 aromatic heterocycles. The first-order chi connectivity index (χ1) is 13.5. The highest BCUT2D eigenvalue weighted by atomic mass is 16.2. The Morgan fingerprint density at radius 1 is 1.00 bits per heavy atom. The van der Waals surface area contributed by atoms with Crippen LogP contribution in [-0.2, 0) is 22.7 Å². The number of nitrogens with zero attached hydrogens (tertiary/aromatic N) is 3. The molecule has 148 valence electrons. The van der Waals surface area contributed by atoms with E-state index in [4.69, 9.17) is 0 Å². The summed E-state index contributed by atoms with van der Waals surface area (Å²) in [5.41, 5.74) is 0.946. The van der Waals surface area contributed by atoms with Crippen LogP contribution in [0.1, 0.15) is 25.1 Å². The summed E-state index contributed by atoms with van der Waals surface area (Å²) in [7, 11) is 0. The molecule has 2 amide bonds. The number of hydrogen-bond acceptors (Lipinski definition) is 4. The third-order valence-corrected chi connectivity index (χ3v) is 5.17. The first-order valence-electron chi connectivity index (χ1n) is 9.70. The normalized spacial score (nSPS) is 15.3. The lowest BCUT2D eigenvalue weighted by Crippen LogP contribution is -2.55. The molecule has 0 aliphatic carbocycles. The van der Waals surface area contributed by atoms with E-state index < -0.39 is 5.41 Å². The van der Waals surface area contributed by atoms with E-state index in [0.29, 0.717) is 19.6 Å². The maximum Gasteiger partial charge on any atom is 0.237 e. The van der Waals surface area contributed by atoms with Gasteiger partial charge in [-0.25, -0.2) is 0 Å². The molecule has 0 unspecified atom stereocenters. The molecule has 1 N–H and O–H groups in total. The van der Waals surface area contributed by atoms with Gasteiger partial charge in [-0.3, -0.25) is 19.5 Å². The van der Waals surface area contributed by atoms with E-state index in [2.05, 4.69) is 27.3 Å². The highest BCUT2D eigenvalue weighted by molar-refractivity contribution is 6.04. The summed E-state index contributed by atoms with van der Waals surface area (Å²) in [6.07, 6.45) is 1.69. The summed E-state index contributed by atoms with van der Waals surface area (Å²) in [4.78, 5) is 33.9. The van der Waals surface area contributed by atoms with Gasteiger partial charge in [0.15, 0.2) is 0 Å². The number of amides is 2. The van der Waals surface area contributed by atoms with Gasteiger partial charge in [0.1, 0.15) is 5.41 Å². The molecule has 0 radical (unpaired) electrons. The number of hydrogen-bond donors (Lipinski definition) is 1. The Bertz CT molecular complexity index is 785. The zero-order valence-corrected chi connectivity index (χ0v) is 16.6. The molecule has 0 atom stereocenters. The first-order valence-corrected chi connectivity index (χ1v) is 9.70. The van der Waals surface area contributed by atoms with Crippen LogP contribution in [0.3, 0.4) is 0 Å². The van der Waals surface area contributed by atoms with Gasteiger partial charge < -0.3 is 10.2 Å². The first kappa shape index (κ1) is 20.0. The van der Waals surface area contributed by atoms with Gasteiger partial charge in [-0.05, 0) is 31.5 Å². The van der Waals surface area contributed by atoms with E-state index in [1.807, 2.05) is 41.3 Å². The molecule has 1 saturated heterocycles. The lowest BCUT2D eigenvalue weighted by molar-refractivity contribution is -0.150. The zero-order chi connectivity index (χ0) is 20.0. The van der Waals surface area contributed by atoms with Gasteiger partial charge in [-0.2, -0.15) is 0 Å². The average molecular weight is 380 g/mol. The summed E-state index contributed by atoms with van der Waals surface area (Å²) in [5.74, 6) is -0.389. The minimum atomic E-state index is -1.10. The minimum absolute atomic E-state index is 0.120. The van der Waals surface area contributed by atoms with Crippen LogP contribution in [0.15, 0.2) is 54.7 Å². The molecule has 28 heavy (non-hydrogen) atoms. The van der Waals surface area contributed by atoms with Crippen LogP contribution >= 0.6 is 0 Å². The maximum absolute atomic E-state index is 13.0. The molecule has 2 heterocycles. The highest BCUT2D eigenvalue weighted by Gasteiger charge is 2.39. The molecule has 0 spiro atoms. The molecule has 6 heteroatoms. The van der Waals surface area contributed by atoms with Crippen LogP contribution in [0.4, 0.5) is 0 Å². The molecule has 3 rings (SSSR count). The predicted molar refractivity (Wildman–Crippen MR) is 108 cm³/mol. The third kappa shape index (κ3) is 4.95. The molecule has 0 bridgehead atoms. The quantitative estimate of drug-likeness (QED) is 0.779. The van der Waals surface area contributed by atoms with Crippen LogP contribution in [0, 0.1) is 5.41 Å². The monoisotopic (exact) mass is 380 g/mol. The summed E-state index contributed by atoms with van der Waals surface area (Å²) in [6.45, 7) is 7.50. The smallest absolute Gasteiger partial charge is 0.237 e. The van der Waals surface area contributed by atoms with Crippen molar-refractivity contribution in [2.45, 2.75) is 26.9 Å². The van der Waals surface area contributed by atoms with Crippen LogP contribution < -0.4 is 5.32 Å². The Labute approximate surface area is 166 Å². The highest BCUT2D eigenvalue weighted by Crippen LogP contribution is 2.21. The molecule has 1 aliphatic heterocycles. The summed E-state index contributed by atoms with van der Waals surface area (Å²) >= 11 is 0. The molecule has 1 fully saturated rings. The summed E-state index contributed by atoms with van der Waals surface area (Å²) in [6, 6.07) is 15.9. The fraction of sp³-hybridized carbons (Fsp3) is 0.409. The van der Waals surface area contributed by atoms with Crippen LogP contribution in [0.25, 0.3) is 0 Å². The lowest BCUT2D eigenvalue weighted by atomic mass is 9.90. The number of carbonyl (C=O) groups is 2. The minimum Gasteiger partial charge on any atom is -0.350 e. The number of pyridine rings is 1. The Kier molecular flexibility index (Phi) is 6.41. The van der Waals surface area contributed by atoms with Gasteiger partial charge in [-0.15, -0.1) is 0 Å². The summed E-state index contributed by atoms with van der Waals surface area (Å²) < 4.78 is 0. The molecular weight excluding hydrogens is 352 g/mol. The Morgan fingerprint density at radius 2 is 1.68 bits per heavy atom. The van der Waals surface area contributed by atoms with Crippen molar-refractivity contribution in [3.05, 3.63) is 66.0 Å². The molecule has 0 saturated carbocycles.